The lowest BCUT2D eigenvalue weighted by Crippen LogP contribution is -2.23. The molecule has 4 nitrogen and oxygen atoms in total. The van der Waals surface area contributed by atoms with Crippen LogP contribution in [-0.4, -0.2) is 36.1 Å². The molecule has 18 heavy (non-hydrogen) atoms. The molecule has 1 aromatic carbocycles. The second-order valence-electron chi connectivity index (χ2n) is 3.66. The number of hydrogen-bond acceptors (Lipinski definition) is 4. The number of rotatable bonds is 6. The van der Waals surface area contributed by atoms with Crippen LogP contribution in [0.25, 0.3) is 0 Å². The lowest BCUT2D eigenvalue weighted by atomic mass is 10.2. The van der Waals surface area contributed by atoms with Crippen LogP contribution in [0.1, 0.15) is 5.56 Å². The minimum atomic E-state index is -4.31. The molecule has 0 aliphatic heterocycles. The van der Waals surface area contributed by atoms with E-state index in [1.165, 1.54) is 18.2 Å². The maximum Gasteiger partial charge on any atom is 0.411 e. The number of benzene rings is 1. The van der Waals surface area contributed by atoms with Gasteiger partial charge in [0.1, 0.15) is 18.1 Å². The van der Waals surface area contributed by atoms with E-state index in [1.54, 1.807) is 0 Å². The molecule has 0 radical (unpaired) electrons. The van der Waals surface area contributed by atoms with Crippen LogP contribution < -0.4 is 5.32 Å². The Labute approximate surface area is 102 Å². The number of phenolic OH excluding ortho intramolecular Hbond substituents is 2. The van der Waals surface area contributed by atoms with Gasteiger partial charge in [-0.25, -0.2) is 0 Å². The summed E-state index contributed by atoms with van der Waals surface area (Å²) in [4.78, 5) is 0. The second-order valence-corrected chi connectivity index (χ2v) is 3.66. The highest BCUT2D eigenvalue weighted by Gasteiger charge is 2.27. The van der Waals surface area contributed by atoms with Crippen molar-refractivity contribution >= 4 is 0 Å². The van der Waals surface area contributed by atoms with Gasteiger partial charge in [0.2, 0.25) is 0 Å². The Balaban J connectivity index is 2.18. The third kappa shape index (κ3) is 5.74. The summed E-state index contributed by atoms with van der Waals surface area (Å²) in [7, 11) is 0. The molecule has 0 atom stereocenters. The Kier molecular flexibility index (Phi) is 5.24. The molecule has 0 amide bonds. The van der Waals surface area contributed by atoms with E-state index in [0.29, 0.717) is 5.56 Å². The molecule has 7 heteroatoms. The largest absolute Gasteiger partial charge is 0.508 e. The van der Waals surface area contributed by atoms with Crippen molar-refractivity contribution in [2.45, 2.75) is 12.7 Å². The lowest BCUT2D eigenvalue weighted by Gasteiger charge is -2.09. The van der Waals surface area contributed by atoms with Gasteiger partial charge < -0.3 is 20.3 Å². The van der Waals surface area contributed by atoms with E-state index in [9.17, 15) is 18.3 Å². The number of nitrogens with one attached hydrogen (secondary N) is 1. The van der Waals surface area contributed by atoms with Crippen molar-refractivity contribution < 1.29 is 28.1 Å². The average molecular weight is 265 g/mol. The monoisotopic (exact) mass is 265 g/mol. The van der Waals surface area contributed by atoms with Crippen LogP contribution >= 0.6 is 0 Å². The van der Waals surface area contributed by atoms with Crippen LogP contribution in [0.3, 0.4) is 0 Å². The summed E-state index contributed by atoms with van der Waals surface area (Å²) in [6.07, 6.45) is -4.31. The molecule has 1 rings (SSSR count). The number of halogens is 3. The highest BCUT2D eigenvalue weighted by atomic mass is 19.4. The van der Waals surface area contributed by atoms with Crippen molar-refractivity contribution in [3.8, 4) is 11.5 Å². The standard InChI is InChI=1S/C11H14F3NO3/c12-11(13,14)7-18-4-3-15-6-8-1-2-9(16)5-10(8)17/h1-2,5,15-17H,3-4,6-7H2. The van der Waals surface area contributed by atoms with Gasteiger partial charge in [-0.05, 0) is 6.07 Å². The van der Waals surface area contributed by atoms with E-state index >= 15 is 0 Å². The molecule has 1 aromatic rings. The van der Waals surface area contributed by atoms with Gasteiger partial charge in [0.25, 0.3) is 0 Å². The molecule has 0 saturated carbocycles. The van der Waals surface area contributed by atoms with Crippen molar-refractivity contribution in [1.29, 1.82) is 0 Å². The minimum absolute atomic E-state index is 0.0511. The van der Waals surface area contributed by atoms with Crippen LogP contribution in [-0.2, 0) is 11.3 Å². The average Bonchev–Trinajstić information content (AvgIpc) is 2.24. The van der Waals surface area contributed by atoms with Crippen LogP contribution in [0.15, 0.2) is 18.2 Å². The summed E-state index contributed by atoms with van der Waals surface area (Å²) >= 11 is 0. The van der Waals surface area contributed by atoms with E-state index in [-0.39, 0.29) is 31.2 Å². The van der Waals surface area contributed by atoms with E-state index < -0.39 is 12.8 Å². The normalized spacial score (nSPS) is 11.7. The first-order valence-corrected chi connectivity index (χ1v) is 5.24. The Morgan fingerprint density at radius 3 is 2.56 bits per heavy atom. The number of alkyl halides is 3. The summed E-state index contributed by atoms with van der Waals surface area (Å²) in [5.74, 6) is -0.122. The molecule has 102 valence electrons. The van der Waals surface area contributed by atoms with E-state index in [0.717, 1.165) is 0 Å². The third-order valence-electron chi connectivity index (χ3n) is 2.07. The molecular weight excluding hydrogens is 251 g/mol. The number of ether oxygens (including phenoxy) is 1. The number of hydrogen-bond donors (Lipinski definition) is 3. The van der Waals surface area contributed by atoms with Gasteiger partial charge in [0.15, 0.2) is 0 Å². The number of aromatic hydroxyl groups is 2. The summed E-state index contributed by atoms with van der Waals surface area (Å²) in [5, 5.41) is 21.3. The summed E-state index contributed by atoms with van der Waals surface area (Å²) in [6, 6.07) is 4.13. The fourth-order valence-electron chi connectivity index (χ4n) is 1.26. The predicted molar refractivity (Wildman–Crippen MR) is 58.4 cm³/mol. The quantitative estimate of drug-likeness (QED) is 0.686. The van der Waals surface area contributed by atoms with Gasteiger partial charge in [-0.2, -0.15) is 13.2 Å². The third-order valence-corrected chi connectivity index (χ3v) is 2.07. The molecule has 0 aliphatic carbocycles. The molecule has 0 unspecified atom stereocenters. The topological polar surface area (TPSA) is 61.7 Å². The van der Waals surface area contributed by atoms with Gasteiger partial charge in [-0.3, -0.25) is 0 Å². The zero-order valence-electron chi connectivity index (χ0n) is 9.50. The Morgan fingerprint density at radius 2 is 1.94 bits per heavy atom. The van der Waals surface area contributed by atoms with Crippen molar-refractivity contribution in [3.63, 3.8) is 0 Å². The van der Waals surface area contributed by atoms with Gasteiger partial charge >= 0.3 is 6.18 Å². The molecule has 0 fully saturated rings. The van der Waals surface area contributed by atoms with E-state index in [4.69, 9.17) is 5.11 Å². The van der Waals surface area contributed by atoms with Crippen LogP contribution in [0.5, 0.6) is 11.5 Å². The van der Waals surface area contributed by atoms with E-state index in [2.05, 4.69) is 10.1 Å². The fourth-order valence-corrected chi connectivity index (χ4v) is 1.26. The molecule has 0 spiro atoms. The lowest BCUT2D eigenvalue weighted by molar-refractivity contribution is -0.173. The van der Waals surface area contributed by atoms with Crippen LogP contribution in [0.4, 0.5) is 13.2 Å². The second kappa shape index (κ2) is 6.46. The Bertz CT molecular complexity index is 382. The Morgan fingerprint density at radius 1 is 1.22 bits per heavy atom. The fraction of sp³-hybridized carbons (Fsp3) is 0.455. The zero-order valence-corrected chi connectivity index (χ0v) is 9.50. The molecule has 3 N–H and O–H groups in total. The first-order chi connectivity index (χ1) is 8.38. The van der Waals surface area contributed by atoms with Crippen LogP contribution in [0, 0.1) is 0 Å². The first-order valence-electron chi connectivity index (χ1n) is 5.24. The smallest absolute Gasteiger partial charge is 0.411 e. The van der Waals surface area contributed by atoms with Gasteiger partial charge in [0.05, 0.1) is 6.61 Å². The zero-order chi connectivity index (χ0) is 13.6. The number of phenols is 2. The van der Waals surface area contributed by atoms with Gasteiger partial charge in [-0.1, -0.05) is 6.07 Å². The van der Waals surface area contributed by atoms with Crippen molar-refractivity contribution in [1.82, 2.24) is 5.32 Å². The van der Waals surface area contributed by atoms with Crippen molar-refractivity contribution in [2.24, 2.45) is 0 Å². The molecule has 0 saturated heterocycles. The highest BCUT2D eigenvalue weighted by Crippen LogP contribution is 2.22. The van der Waals surface area contributed by atoms with Crippen LogP contribution in [0.2, 0.25) is 0 Å². The SMILES string of the molecule is Oc1ccc(CNCCOCC(F)(F)F)c(O)c1. The molecular formula is C11H14F3NO3. The maximum absolute atomic E-state index is 11.7. The molecule has 0 heterocycles. The van der Waals surface area contributed by atoms with Gasteiger partial charge in [0, 0.05) is 24.7 Å². The summed E-state index contributed by atoms with van der Waals surface area (Å²) in [6.45, 7) is -0.824. The highest BCUT2D eigenvalue weighted by molar-refractivity contribution is 5.38. The molecule has 0 bridgehead atoms. The maximum atomic E-state index is 11.7. The van der Waals surface area contributed by atoms with Crippen molar-refractivity contribution in [3.05, 3.63) is 23.8 Å². The first kappa shape index (κ1) is 14.6. The predicted octanol–water partition coefficient (Wildman–Crippen LogP) is 1.77. The Hall–Kier alpha value is -1.47. The minimum Gasteiger partial charge on any atom is -0.508 e. The molecule has 0 aliphatic rings. The van der Waals surface area contributed by atoms with E-state index in [1.807, 2.05) is 0 Å². The summed E-state index contributed by atoms with van der Waals surface area (Å²) < 4.78 is 39.6. The molecule has 0 aromatic heterocycles. The summed E-state index contributed by atoms with van der Waals surface area (Å²) in [5.41, 5.74) is 0.545. The van der Waals surface area contributed by atoms with Gasteiger partial charge in [-0.15, -0.1) is 0 Å². The van der Waals surface area contributed by atoms with Crippen molar-refractivity contribution in [2.75, 3.05) is 19.8 Å².